The summed E-state index contributed by atoms with van der Waals surface area (Å²) in [4.78, 5) is 8.69. The molecule has 0 aliphatic heterocycles. The molecule has 18 heavy (non-hydrogen) atoms. The second-order valence-electron chi connectivity index (χ2n) is 4.20. The number of imidazole rings is 1. The number of fused-ring (bicyclic) bond motifs is 1. The van der Waals surface area contributed by atoms with Gasteiger partial charge in [-0.3, -0.25) is 4.57 Å². The maximum absolute atomic E-state index is 9.80. The fraction of sp³-hybridized carbons (Fsp3) is 0.143. The van der Waals surface area contributed by atoms with Gasteiger partial charge in [0.1, 0.15) is 12.1 Å². The van der Waals surface area contributed by atoms with Crippen LogP contribution in [0.1, 0.15) is 18.6 Å². The van der Waals surface area contributed by atoms with Crippen LogP contribution in [0.15, 0.2) is 48.9 Å². The first-order chi connectivity index (χ1) is 8.77. The van der Waals surface area contributed by atoms with E-state index in [1.165, 1.54) is 0 Å². The molecule has 1 aromatic carbocycles. The third-order valence-electron chi connectivity index (χ3n) is 2.95. The van der Waals surface area contributed by atoms with E-state index in [4.69, 9.17) is 0 Å². The minimum absolute atomic E-state index is 0.560. The molecule has 2 aromatic heterocycles. The van der Waals surface area contributed by atoms with Crippen molar-refractivity contribution in [1.29, 1.82) is 0 Å². The van der Waals surface area contributed by atoms with Gasteiger partial charge in [0.15, 0.2) is 0 Å². The molecule has 2 heterocycles. The lowest BCUT2D eigenvalue weighted by atomic mass is 10.1. The first-order valence-corrected chi connectivity index (χ1v) is 5.83. The summed E-state index contributed by atoms with van der Waals surface area (Å²) < 4.78 is 1.90. The van der Waals surface area contributed by atoms with Gasteiger partial charge >= 0.3 is 0 Å². The largest absolute Gasteiger partial charge is 0.389 e. The van der Waals surface area contributed by atoms with Gasteiger partial charge in [-0.05, 0) is 25.1 Å². The first kappa shape index (κ1) is 10.9. The molecule has 0 fully saturated rings. The zero-order valence-electron chi connectivity index (χ0n) is 9.99. The SMILES string of the molecule is CC(O)c1cccnc1-n1cnc2ccccc21. The van der Waals surface area contributed by atoms with E-state index in [2.05, 4.69) is 9.97 Å². The number of aliphatic hydroxyl groups excluding tert-OH is 1. The summed E-state index contributed by atoms with van der Waals surface area (Å²) >= 11 is 0. The third-order valence-corrected chi connectivity index (χ3v) is 2.95. The smallest absolute Gasteiger partial charge is 0.144 e. The number of rotatable bonds is 2. The molecule has 0 aliphatic carbocycles. The summed E-state index contributed by atoms with van der Waals surface area (Å²) in [6.45, 7) is 1.74. The number of nitrogens with zero attached hydrogens (tertiary/aromatic N) is 3. The molecular formula is C14H13N3O. The van der Waals surface area contributed by atoms with Crippen LogP contribution in [0.25, 0.3) is 16.9 Å². The van der Waals surface area contributed by atoms with Gasteiger partial charge < -0.3 is 5.11 Å². The van der Waals surface area contributed by atoms with Gasteiger partial charge in [0.05, 0.1) is 17.1 Å². The predicted molar refractivity (Wildman–Crippen MR) is 69.5 cm³/mol. The zero-order valence-corrected chi connectivity index (χ0v) is 9.99. The maximum atomic E-state index is 9.80. The molecule has 0 bridgehead atoms. The third kappa shape index (κ3) is 1.67. The Morgan fingerprint density at radius 1 is 1.11 bits per heavy atom. The van der Waals surface area contributed by atoms with Gasteiger partial charge in [0.2, 0.25) is 0 Å². The highest BCUT2D eigenvalue weighted by atomic mass is 16.3. The minimum atomic E-state index is -0.560. The molecule has 0 radical (unpaired) electrons. The Morgan fingerprint density at radius 2 is 1.94 bits per heavy atom. The summed E-state index contributed by atoms with van der Waals surface area (Å²) in [5, 5.41) is 9.80. The Morgan fingerprint density at radius 3 is 2.78 bits per heavy atom. The molecule has 3 rings (SSSR count). The van der Waals surface area contributed by atoms with Crippen molar-refractivity contribution in [2.24, 2.45) is 0 Å². The Bertz CT molecular complexity index is 688. The summed E-state index contributed by atoms with van der Waals surface area (Å²) in [5.41, 5.74) is 2.69. The highest BCUT2D eigenvalue weighted by Gasteiger charge is 2.12. The summed E-state index contributed by atoms with van der Waals surface area (Å²) in [7, 11) is 0. The van der Waals surface area contributed by atoms with Crippen LogP contribution >= 0.6 is 0 Å². The van der Waals surface area contributed by atoms with E-state index in [0.717, 1.165) is 22.4 Å². The van der Waals surface area contributed by atoms with Crippen LogP contribution < -0.4 is 0 Å². The summed E-state index contributed by atoms with van der Waals surface area (Å²) in [6.07, 6.45) is 2.89. The van der Waals surface area contributed by atoms with Crippen molar-refractivity contribution in [3.05, 3.63) is 54.5 Å². The van der Waals surface area contributed by atoms with Crippen molar-refractivity contribution < 1.29 is 5.11 Å². The Kier molecular flexibility index (Phi) is 2.57. The van der Waals surface area contributed by atoms with Crippen LogP contribution in [0.4, 0.5) is 0 Å². The lowest BCUT2D eigenvalue weighted by Gasteiger charge is -2.11. The monoisotopic (exact) mass is 239 g/mol. The fourth-order valence-corrected chi connectivity index (χ4v) is 2.06. The van der Waals surface area contributed by atoms with Gasteiger partial charge in [-0.2, -0.15) is 0 Å². The van der Waals surface area contributed by atoms with Crippen LogP contribution in [0.5, 0.6) is 0 Å². The Labute approximate surface area is 105 Å². The van der Waals surface area contributed by atoms with Crippen molar-refractivity contribution in [1.82, 2.24) is 14.5 Å². The van der Waals surface area contributed by atoms with Crippen LogP contribution in [0, 0.1) is 0 Å². The number of aliphatic hydroxyl groups is 1. The summed E-state index contributed by atoms with van der Waals surface area (Å²) in [5.74, 6) is 0.723. The normalized spacial score (nSPS) is 12.8. The second-order valence-corrected chi connectivity index (χ2v) is 4.20. The Hall–Kier alpha value is -2.20. The highest BCUT2D eigenvalue weighted by Crippen LogP contribution is 2.22. The lowest BCUT2D eigenvalue weighted by molar-refractivity contribution is 0.198. The van der Waals surface area contributed by atoms with Gasteiger partial charge in [-0.15, -0.1) is 0 Å². The quantitative estimate of drug-likeness (QED) is 0.747. The van der Waals surface area contributed by atoms with Gasteiger partial charge in [0.25, 0.3) is 0 Å². The molecule has 1 N–H and O–H groups in total. The molecule has 90 valence electrons. The molecule has 3 aromatic rings. The standard InChI is InChI=1S/C14H13N3O/c1-10(18)11-5-4-8-15-14(11)17-9-16-12-6-2-3-7-13(12)17/h2-10,18H,1H3. The average Bonchev–Trinajstić information content (AvgIpc) is 2.82. The first-order valence-electron chi connectivity index (χ1n) is 5.83. The van der Waals surface area contributed by atoms with E-state index in [9.17, 15) is 5.11 Å². The van der Waals surface area contributed by atoms with Gasteiger partial charge in [-0.1, -0.05) is 18.2 Å². The molecule has 0 saturated carbocycles. The van der Waals surface area contributed by atoms with Crippen LogP contribution in [-0.4, -0.2) is 19.6 Å². The Balaban J connectivity index is 2.27. The van der Waals surface area contributed by atoms with Crippen LogP contribution in [-0.2, 0) is 0 Å². The van der Waals surface area contributed by atoms with E-state index in [0.29, 0.717) is 0 Å². The molecule has 0 aliphatic rings. The molecule has 0 spiro atoms. The number of hydrogen-bond acceptors (Lipinski definition) is 3. The van der Waals surface area contributed by atoms with Crippen molar-refractivity contribution >= 4 is 11.0 Å². The lowest BCUT2D eigenvalue weighted by Crippen LogP contribution is -2.03. The molecule has 4 nitrogen and oxygen atoms in total. The molecular weight excluding hydrogens is 226 g/mol. The van der Waals surface area contributed by atoms with Crippen molar-refractivity contribution in [2.75, 3.05) is 0 Å². The molecule has 0 amide bonds. The van der Waals surface area contributed by atoms with E-state index in [-0.39, 0.29) is 0 Å². The van der Waals surface area contributed by atoms with Gasteiger partial charge in [-0.25, -0.2) is 9.97 Å². The topological polar surface area (TPSA) is 50.9 Å². The molecule has 0 saturated heterocycles. The van der Waals surface area contributed by atoms with Crippen molar-refractivity contribution in [3.63, 3.8) is 0 Å². The maximum Gasteiger partial charge on any atom is 0.144 e. The second kappa shape index (κ2) is 4.23. The fourth-order valence-electron chi connectivity index (χ4n) is 2.06. The minimum Gasteiger partial charge on any atom is -0.389 e. The molecule has 1 unspecified atom stereocenters. The number of pyridine rings is 1. The molecule has 1 atom stereocenters. The van der Waals surface area contributed by atoms with E-state index in [1.54, 1.807) is 19.4 Å². The number of para-hydroxylation sites is 2. The van der Waals surface area contributed by atoms with E-state index < -0.39 is 6.10 Å². The molecule has 4 heteroatoms. The van der Waals surface area contributed by atoms with Crippen LogP contribution in [0.3, 0.4) is 0 Å². The van der Waals surface area contributed by atoms with E-state index in [1.807, 2.05) is 41.0 Å². The summed E-state index contributed by atoms with van der Waals surface area (Å²) in [6, 6.07) is 11.6. The highest BCUT2D eigenvalue weighted by molar-refractivity contribution is 5.77. The predicted octanol–water partition coefficient (Wildman–Crippen LogP) is 2.47. The zero-order chi connectivity index (χ0) is 12.5. The number of hydrogen-bond donors (Lipinski definition) is 1. The van der Waals surface area contributed by atoms with E-state index >= 15 is 0 Å². The van der Waals surface area contributed by atoms with Crippen LogP contribution in [0.2, 0.25) is 0 Å². The average molecular weight is 239 g/mol. The number of aromatic nitrogens is 3. The van der Waals surface area contributed by atoms with Crippen molar-refractivity contribution in [3.8, 4) is 5.82 Å². The van der Waals surface area contributed by atoms with Crippen molar-refractivity contribution in [2.45, 2.75) is 13.0 Å². The number of benzene rings is 1. The van der Waals surface area contributed by atoms with Gasteiger partial charge in [0, 0.05) is 11.8 Å².